The van der Waals surface area contributed by atoms with Gasteiger partial charge in [0.1, 0.15) is 23.4 Å². The van der Waals surface area contributed by atoms with Crippen molar-refractivity contribution in [2.75, 3.05) is 26.3 Å². The SMILES string of the molecule is CCOC(=O)CCNC(=O)C(c1cccc(O)c1)N(CCO)C(=O)C(CCC(N)=O)NC(=O)OC(C)(C)C. The number of nitrogens with one attached hydrogen (secondary N) is 2. The zero-order valence-electron chi connectivity index (χ0n) is 22.2. The fraction of sp³-hybridized carbons (Fsp3) is 0.560. The van der Waals surface area contributed by atoms with Gasteiger partial charge in [-0.05, 0) is 51.8 Å². The van der Waals surface area contributed by atoms with Crippen LogP contribution in [0.25, 0.3) is 0 Å². The maximum Gasteiger partial charge on any atom is 0.408 e. The molecule has 0 spiro atoms. The molecule has 1 aromatic carbocycles. The Morgan fingerprint density at radius 3 is 2.37 bits per heavy atom. The number of aliphatic hydroxyl groups excluding tert-OH is 1. The maximum absolute atomic E-state index is 13.7. The fourth-order valence-corrected chi connectivity index (χ4v) is 3.45. The first-order chi connectivity index (χ1) is 17.8. The molecule has 0 heterocycles. The monoisotopic (exact) mass is 538 g/mol. The van der Waals surface area contributed by atoms with Crippen molar-refractivity contribution in [3.05, 3.63) is 29.8 Å². The van der Waals surface area contributed by atoms with E-state index in [2.05, 4.69) is 10.6 Å². The van der Waals surface area contributed by atoms with Crippen LogP contribution >= 0.6 is 0 Å². The molecule has 0 aliphatic heterocycles. The largest absolute Gasteiger partial charge is 0.508 e. The standard InChI is InChI=1S/C25H38N4O9/c1-5-37-20(33)11-12-27-22(34)21(16-7-6-8-17(31)15-16)29(13-14-30)23(35)18(9-10-19(26)32)28-24(36)38-25(2,3)4/h6-8,15,18,21,30-31H,5,9-14H2,1-4H3,(H2,26,32)(H,27,34)(H,28,36). The van der Waals surface area contributed by atoms with Crippen LogP contribution < -0.4 is 16.4 Å². The van der Waals surface area contributed by atoms with Crippen LogP contribution in [0, 0.1) is 0 Å². The van der Waals surface area contributed by atoms with E-state index >= 15 is 0 Å². The number of alkyl carbamates (subject to hydrolysis) is 1. The minimum atomic E-state index is -1.37. The van der Waals surface area contributed by atoms with E-state index in [0.717, 1.165) is 4.90 Å². The first-order valence-electron chi connectivity index (χ1n) is 12.2. The summed E-state index contributed by atoms with van der Waals surface area (Å²) in [6.07, 6.45) is -1.52. The number of ether oxygens (including phenoxy) is 2. The molecule has 212 valence electrons. The summed E-state index contributed by atoms with van der Waals surface area (Å²) in [6.45, 7) is 5.72. The molecule has 2 unspecified atom stereocenters. The number of carbonyl (C=O) groups is 5. The Bertz CT molecular complexity index is 978. The molecule has 38 heavy (non-hydrogen) atoms. The lowest BCUT2D eigenvalue weighted by atomic mass is 10.0. The van der Waals surface area contributed by atoms with Crippen molar-refractivity contribution in [2.24, 2.45) is 5.73 Å². The minimum Gasteiger partial charge on any atom is -0.508 e. The Hall–Kier alpha value is -3.87. The average Bonchev–Trinajstić information content (AvgIpc) is 2.80. The molecular formula is C25H38N4O9. The van der Waals surface area contributed by atoms with Gasteiger partial charge in [-0.25, -0.2) is 4.79 Å². The molecule has 1 rings (SSSR count). The average molecular weight is 539 g/mol. The van der Waals surface area contributed by atoms with Gasteiger partial charge in [0.05, 0.1) is 19.6 Å². The Labute approximate surface area is 221 Å². The zero-order chi connectivity index (χ0) is 28.9. The fourth-order valence-electron chi connectivity index (χ4n) is 3.45. The number of aromatic hydroxyl groups is 1. The summed E-state index contributed by atoms with van der Waals surface area (Å²) in [7, 11) is 0. The summed E-state index contributed by atoms with van der Waals surface area (Å²) in [6, 6.07) is 2.89. The number of amides is 4. The van der Waals surface area contributed by atoms with Gasteiger partial charge in [0.2, 0.25) is 17.7 Å². The first kappa shape index (κ1) is 32.2. The summed E-state index contributed by atoms with van der Waals surface area (Å²) < 4.78 is 10.1. The van der Waals surface area contributed by atoms with Crippen molar-refractivity contribution in [2.45, 2.75) is 64.6 Å². The number of phenols is 1. The lowest BCUT2D eigenvalue weighted by molar-refractivity contribution is -0.144. The number of aliphatic hydroxyl groups is 1. The van der Waals surface area contributed by atoms with E-state index in [0.29, 0.717) is 0 Å². The van der Waals surface area contributed by atoms with Crippen molar-refractivity contribution in [3.63, 3.8) is 0 Å². The molecule has 0 saturated heterocycles. The van der Waals surface area contributed by atoms with Gasteiger partial charge in [0, 0.05) is 19.5 Å². The molecule has 0 aliphatic carbocycles. The number of phenolic OH excluding ortho intramolecular Hbond substituents is 1. The molecule has 0 aliphatic rings. The van der Waals surface area contributed by atoms with E-state index < -0.39 is 54.1 Å². The van der Waals surface area contributed by atoms with Gasteiger partial charge in [-0.15, -0.1) is 0 Å². The van der Waals surface area contributed by atoms with E-state index in [9.17, 15) is 34.2 Å². The molecule has 2 atom stereocenters. The van der Waals surface area contributed by atoms with E-state index in [1.54, 1.807) is 27.7 Å². The molecule has 4 amide bonds. The molecule has 0 saturated carbocycles. The topological polar surface area (TPSA) is 198 Å². The second-order valence-corrected chi connectivity index (χ2v) is 9.30. The number of benzene rings is 1. The Morgan fingerprint density at radius 2 is 1.82 bits per heavy atom. The van der Waals surface area contributed by atoms with Crippen molar-refractivity contribution >= 4 is 29.8 Å². The van der Waals surface area contributed by atoms with Crippen LogP contribution in [0.15, 0.2) is 24.3 Å². The van der Waals surface area contributed by atoms with Crippen molar-refractivity contribution in [1.29, 1.82) is 0 Å². The number of nitrogens with two attached hydrogens (primary N) is 1. The third kappa shape index (κ3) is 11.5. The third-order valence-electron chi connectivity index (χ3n) is 4.97. The number of carbonyl (C=O) groups excluding carboxylic acids is 5. The Kier molecular flexibility index (Phi) is 13.0. The van der Waals surface area contributed by atoms with E-state index in [1.807, 2.05) is 0 Å². The Balaban J connectivity index is 3.36. The third-order valence-corrected chi connectivity index (χ3v) is 4.97. The summed E-state index contributed by atoms with van der Waals surface area (Å²) in [4.78, 5) is 63.6. The van der Waals surface area contributed by atoms with Gasteiger partial charge in [0.25, 0.3) is 0 Å². The molecule has 0 radical (unpaired) electrons. The van der Waals surface area contributed by atoms with Gasteiger partial charge in [-0.2, -0.15) is 0 Å². The molecular weight excluding hydrogens is 500 g/mol. The van der Waals surface area contributed by atoms with Crippen molar-refractivity contribution in [3.8, 4) is 5.75 Å². The van der Waals surface area contributed by atoms with Crippen molar-refractivity contribution < 1.29 is 43.7 Å². The quantitative estimate of drug-likeness (QED) is 0.209. The molecule has 0 aromatic heterocycles. The normalized spacial score (nSPS) is 12.6. The second kappa shape index (κ2) is 15.4. The smallest absolute Gasteiger partial charge is 0.408 e. The molecule has 0 bridgehead atoms. The zero-order valence-corrected chi connectivity index (χ0v) is 22.2. The number of primary amides is 1. The minimum absolute atomic E-state index is 0.102. The molecule has 1 aromatic rings. The van der Waals surface area contributed by atoms with Crippen molar-refractivity contribution in [1.82, 2.24) is 15.5 Å². The summed E-state index contributed by atoms with van der Waals surface area (Å²) in [5, 5.41) is 24.7. The van der Waals surface area contributed by atoms with Crippen LogP contribution in [0.1, 0.15) is 58.6 Å². The van der Waals surface area contributed by atoms with E-state index in [-0.39, 0.29) is 50.3 Å². The highest BCUT2D eigenvalue weighted by Crippen LogP contribution is 2.26. The number of hydrogen-bond donors (Lipinski definition) is 5. The van der Waals surface area contributed by atoms with Crippen LogP contribution in [0.4, 0.5) is 4.79 Å². The molecule has 0 fully saturated rings. The Morgan fingerprint density at radius 1 is 1.13 bits per heavy atom. The van der Waals surface area contributed by atoms with Gasteiger partial charge >= 0.3 is 12.1 Å². The highest BCUT2D eigenvalue weighted by atomic mass is 16.6. The predicted molar refractivity (Wildman–Crippen MR) is 135 cm³/mol. The summed E-state index contributed by atoms with van der Waals surface area (Å²) in [5.74, 6) is -2.95. The van der Waals surface area contributed by atoms with Crippen LogP contribution in [-0.4, -0.2) is 82.8 Å². The van der Waals surface area contributed by atoms with Crippen LogP contribution in [-0.2, 0) is 28.7 Å². The van der Waals surface area contributed by atoms with Gasteiger partial charge in [-0.1, -0.05) is 12.1 Å². The highest BCUT2D eigenvalue weighted by molar-refractivity contribution is 5.92. The van der Waals surface area contributed by atoms with E-state index in [1.165, 1.54) is 24.3 Å². The highest BCUT2D eigenvalue weighted by Gasteiger charge is 2.36. The summed E-state index contributed by atoms with van der Waals surface area (Å²) in [5.41, 5.74) is 4.57. The first-order valence-corrected chi connectivity index (χ1v) is 12.2. The van der Waals surface area contributed by atoms with Crippen LogP contribution in [0.2, 0.25) is 0 Å². The van der Waals surface area contributed by atoms with Crippen LogP contribution in [0.3, 0.4) is 0 Å². The predicted octanol–water partition coefficient (Wildman–Crippen LogP) is 0.482. The lowest BCUT2D eigenvalue weighted by Gasteiger charge is -2.34. The summed E-state index contributed by atoms with van der Waals surface area (Å²) >= 11 is 0. The number of nitrogens with zero attached hydrogens (tertiary/aromatic N) is 1. The molecule has 13 heteroatoms. The van der Waals surface area contributed by atoms with Gasteiger partial charge < -0.3 is 41.0 Å². The second-order valence-electron chi connectivity index (χ2n) is 9.30. The van der Waals surface area contributed by atoms with Gasteiger partial charge in [-0.3, -0.25) is 19.2 Å². The number of hydrogen-bond acceptors (Lipinski definition) is 9. The molecule has 13 nitrogen and oxygen atoms in total. The van der Waals surface area contributed by atoms with E-state index in [4.69, 9.17) is 15.2 Å². The molecule has 6 N–H and O–H groups in total. The van der Waals surface area contributed by atoms with Gasteiger partial charge in [0.15, 0.2) is 0 Å². The lowest BCUT2D eigenvalue weighted by Crippen LogP contribution is -2.54. The number of esters is 1. The maximum atomic E-state index is 13.7. The van der Waals surface area contributed by atoms with Crippen LogP contribution in [0.5, 0.6) is 5.75 Å². The number of rotatable bonds is 14.